The minimum atomic E-state index is -1.84. The van der Waals surface area contributed by atoms with Gasteiger partial charge in [0, 0.05) is 0 Å². The van der Waals surface area contributed by atoms with E-state index in [1.807, 2.05) is 0 Å². The van der Waals surface area contributed by atoms with Crippen molar-refractivity contribution in [3.63, 3.8) is 0 Å². The lowest BCUT2D eigenvalue weighted by Crippen LogP contribution is -2.27. The molecule has 82 valence electrons. The van der Waals surface area contributed by atoms with Gasteiger partial charge in [0.15, 0.2) is 6.10 Å². The highest BCUT2D eigenvalue weighted by Gasteiger charge is 2.24. The van der Waals surface area contributed by atoms with Crippen LogP contribution in [0.15, 0.2) is 24.3 Å². The molecular weight excluding hydrogens is 200 g/mol. The van der Waals surface area contributed by atoms with E-state index in [4.69, 9.17) is 15.3 Å². The van der Waals surface area contributed by atoms with E-state index in [-0.39, 0.29) is 6.61 Å². The summed E-state index contributed by atoms with van der Waals surface area (Å²) in [5.41, 5.74) is 0.942. The van der Waals surface area contributed by atoms with Crippen molar-refractivity contribution < 1.29 is 25.2 Å². The van der Waals surface area contributed by atoms with Crippen LogP contribution in [0.25, 0.3) is 0 Å². The Kier molecular flexibility index (Phi) is 3.79. The molecule has 1 rings (SSSR count). The van der Waals surface area contributed by atoms with E-state index in [1.165, 1.54) is 12.1 Å². The van der Waals surface area contributed by atoms with Crippen molar-refractivity contribution in [1.29, 1.82) is 0 Å². The van der Waals surface area contributed by atoms with E-state index >= 15 is 0 Å². The first-order valence-corrected chi connectivity index (χ1v) is 4.35. The Labute approximate surface area is 86.2 Å². The van der Waals surface area contributed by atoms with Crippen LogP contribution in [0.5, 0.6) is 0 Å². The molecule has 0 bridgehead atoms. The van der Waals surface area contributed by atoms with E-state index in [0.717, 1.165) is 0 Å². The fraction of sp³-hybridized carbons (Fsp3) is 0.300. The molecule has 0 saturated carbocycles. The second-order valence-corrected chi connectivity index (χ2v) is 3.13. The van der Waals surface area contributed by atoms with Gasteiger partial charge in [0.2, 0.25) is 0 Å². The maximum Gasteiger partial charge on any atom is 0.335 e. The van der Waals surface area contributed by atoms with Gasteiger partial charge in [0.25, 0.3) is 0 Å². The molecule has 15 heavy (non-hydrogen) atoms. The molecule has 0 saturated heterocycles. The summed E-state index contributed by atoms with van der Waals surface area (Å²) in [6.07, 6.45) is -3.31. The van der Waals surface area contributed by atoms with E-state index in [0.29, 0.717) is 11.1 Å². The lowest BCUT2D eigenvalue weighted by atomic mass is 10.0. The lowest BCUT2D eigenvalue weighted by molar-refractivity contribution is -0.153. The summed E-state index contributed by atoms with van der Waals surface area (Å²) in [7, 11) is 0. The third kappa shape index (κ3) is 2.76. The third-order valence-electron chi connectivity index (χ3n) is 2.06. The first-order valence-electron chi connectivity index (χ1n) is 4.35. The van der Waals surface area contributed by atoms with Gasteiger partial charge >= 0.3 is 5.97 Å². The minimum absolute atomic E-state index is 0.127. The summed E-state index contributed by atoms with van der Waals surface area (Å²) in [5.74, 6) is -1.48. The Morgan fingerprint density at radius 2 is 1.73 bits per heavy atom. The normalized spacial score (nSPS) is 14.6. The van der Waals surface area contributed by atoms with Crippen LogP contribution >= 0.6 is 0 Å². The van der Waals surface area contributed by atoms with Crippen LogP contribution in [0.2, 0.25) is 0 Å². The topological polar surface area (TPSA) is 98.0 Å². The molecule has 0 fully saturated rings. The van der Waals surface area contributed by atoms with Crippen LogP contribution in [0, 0.1) is 0 Å². The van der Waals surface area contributed by atoms with Crippen molar-refractivity contribution >= 4 is 5.97 Å². The van der Waals surface area contributed by atoms with Crippen molar-refractivity contribution in [3.8, 4) is 0 Å². The molecule has 0 heterocycles. The maximum absolute atomic E-state index is 10.4. The van der Waals surface area contributed by atoms with Crippen LogP contribution in [0.3, 0.4) is 0 Å². The molecule has 0 amide bonds. The molecule has 0 aromatic heterocycles. The standard InChI is InChI=1S/C10H12O5/c11-5-6-1-3-7(4-2-6)8(12)9(13)10(14)15/h1-4,8-9,11-13H,5H2,(H,14,15). The van der Waals surface area contributed by atoms with Crippen molar-refractivity contribution in [2.45, 2.75) is 18.8 Å². The van der Waals surface area contributed by atoms with Crippen LogP contribution < -0.4 is 0 Å². The predicted molar refractivity (Wildman–Crippen MR) is 51.0 cm³/mol. The van der Waals surface area contributed by atoms with Gasteiger partial charge in [-0.15, -0.1) is 0 Å². The SMILES string of the molecule is O=C(O)C(O)C(O)c1ccc(CO)cc1. The second-order valence-electron chi connectivity index (χ2n) is 3.13. The fourth-order valence-corrected chi connectivity index (χ4v) is 1.14. The van der Waals surface area contributed by atoms with Gasteiger partial charge < -0.3 is 20.4 Å². The van der Waals surface area contributed by atoms with Gasteiger partial charge in [0.1, 0.15) is 6.10 Å². The molecule has 2 atom stereocenters. The van der Waals surface area contributed by atoms with Crippen LogP contribution in [-0.2, 0) is 11.4 Å². The molecule has 0 radical (unpaired) electrons. The van der Waals surface area contributed by atoms with E-state index in [1.54, 1.807) is 12.1 Å². The zero-order valence-corrected chi connectivity index (χ0v) is 7.87. The Morgan fingerprint density at radius 1 is 1.20 bits per heavy atom. The molecular formula is C10H12O5. The van der Waals surface area contributed by atoms with Gasteiger partial charge in [-0.3, -0.25) is 0 Å². The Hall–Kier alpha value is -1.43. The molecule has 1 aromatic carbocycles. The zero-order valence-electron chi connectivity index (χ0n) is 7.87. The van der Waals surface area contributed by atoms with Gasteiger partial charge in [-0.25, -0.2) is 4.79 Å². The number of carboxylic acid groups (broad SMARTS) is 1. The number of carbonyl (C=O) groups is 1. The van der Waals surface area contributed by atoms with Crippen molar-refractivity contribution in [2.75, 3.05) is 0 Å². The molecule has 5 heteroatoms. The van der Waals surface area contributed by atoms with Gasteiger partial charge in [-0.1, -0.05) is 24.3 Å². The molecule has 2 unspecified atom stereocenters. The largest absolute Gasteiger partial charge is 0.479 e. The monoisotopic (exact) mass is 212 g/mol. The van der Waals surface area contributed by atoms with Crippen LogP contribution in [-0.4, -0.2) is 32.5 Å². The maximum atomic E-state index is 10.4. The number of aliphatic hydroxyl groups is 3. The molecule has 0 aliphatic rings. The number of hydrogen-bond donors (Lipinski definition) is 4. The highest BCUT2D eigenvalue weighted by Crippen LogP contribution is 2.17. The van der Waals surface area contributed by atoms with E-state index < -0.39 is 18.2 Å². The van der Waals surface area contributed by atoms with Crippen molar-refractivity contribution in [2.24, 2.45) is 0 Å². The summed E-state index contributed by atoms with van der Waals surface area (Å²) in [6, 6.07) is 6.02. The van der Waals surface area contributed by atoms with Crippen LogP contribution in [0.1, 0.15) is 17.2 Å². The number of benzene rings is 1. The number of hydrogen-bond acceptors (Lipinski definition) is 4. The molecule has 1 aromatic rings. The Morgan fingerprint density at radius 3 is 2.13 bits per heavy atom. The van der Waals surface area contributed by atoms with Crippen LogP contribution in [0.4, 0.5) is 0 Å². The summed E-state index contributed by atoms with van der Waals surface area (Å²) in [4.78, 5) is 10.4. The van der Waals surface area contributed by atoms with E-state index in [9.17, 15) is 9.90 Å². The average molecular weight is 212 g/mol. The molecule has 0 aliphatic heterocycles. The van der Waals surface area contributed by atoms with Crippen molar-refractivity contribution in [3.05, 3.63) is 35.4 Å². The summed E-state index contributed by atoms with van der Waals surface area (Å²) in [5, 5.41) is 35.7. The molecule has 4 N–H and O–H groups in total. The number of aliphatic carboxylic acids is 1. The third-order valence-corrected chi connectivity index (χ3v) is 2.06. The number of carboxylic acids is 1. The quantitative estimate of drug-likeness (QED) is 0.547. The fourth-order valence-electron chi connectivity index (χ4n) is 1.14. The average Bonchev–Trinajstić information content (AvgIpc) is 2.27. The van der Waals surface area contributed by atoms with Gasteiger partial charge in [0.05, 0.1) is 6.61 Å². The predicted octanol–water partition coefficient (Wildman–Crippen LogP) is -0.342. The number of aliphatic hydroxyl groups excluding tert-OH is 3. The molecule has 5 nitrogen and oxygen atoms in total. The molecule has 0 aliphatic carbocycles. The highest BCUT2D eigenvalue weighted by atomic mass is 16.4. The first kappa shape index (κ1) is 11.6. The summed E-state index contributed by atoms with van der Waals surface area (Å²) in [6.45, 7) is -0.127. The second kappa shape index (κ2) is 4.88. The summed E-state index contributed by atoms with van der Waals surface area (Å²) >= 11 is 0. The number of rotatable bonds is 4. The highest BCUT2D eigenvalue weighted by molar-refractivity contribution is 5.73. The Balaban J connectivity index is 2.82. The zero-order chi connectivity index (χ0) is 11.4. The first-order chi connectivity index (χ1) is 7.06. The Bertz CT molecular complexity index is 332. The smallest absolute Gasteiger partial charge is 0.335 e. The minimum Gasteiger partial charge on any atom is -0.479 e. The lowest BCUT2D eigenvalue weighted by Gasteiger charge is -2.14. The van der Waals surface area contributed by atoms with Gasteiger partial charge in [-0.2, -0.15) is 0 Å². The summed E-state index contributed by atoms with van der Waals surface area (Å²) < 4.78 is 0. The van der Waals surface area contributed by atoms with E-state index in [2.05, 4.69) is 0 Å². The van der Waals surface area contributed by atoms with Crippen molar-refractivity contribution in [1.82, 2.24) is 0 Å². The molecule has 0 spiro atoms. The van der Waals surface area contributed by atoms with Gasteiger partial charge in [-0.05, 0) is 11.1 Å².